The Morgan fingerprint density at radius 2 is 2.15 bits per heavy atom. The predicted molar refractivity (Wildman–Crippen MR) is 81.5 cm³/mol. The van der Waals surface area contributed by atoms with Crippen molar-refractivity contribution in [3.63, 3.8) is 0 Å². The molecule has 1 aromatic rings. The molecular weight excluding hydrogens is 250 g/mol. The Balaban J connectivity index is 1.78. The molecule has 1 amide bonds. The zero-order valence-corrected chi connectivity index (χ0v) is 11.8. The summed E-state index contributed by atoms with van der Waals surface area (Å²) in [6.07, 6.45) is 5.84. The topological polar surface area (TPSA) is 72.3 Å². The molecule has 4 heteroatoms. The lowest BCUT2D eigenvalue weighted by atomic mass is 9.96. The number of anilines is 2. The molecule has 1 fully saturated rings. The van der Waals surface area contributed by atoms with E-state index in [0.717, 1.165) is 55.6 Å². The second kappa shape index (κ2) is 5.44. The normalized spacial score (nSPS) is 25.6. The maximum atomic E-state index is 12.6. The number of carbonyl (C=O) groups excluding carboxylic acids is 1. The molecule has 1 aliphatic carbocycles. The Morgan fingerprint density at radius 3 is 2.90 bits per heavy atom. The van der Waals surface area contributed by atoms with Gasteiger partial charge in [0, 0.05) is 30.4 Å². The van der Waals surface area contributed by atoms with Gasteiger partial charge in [0.05, 0.1) is 0 Å². The summed E-state index contributed by atoms with van der Waals surface area (Å²) in [5.74, 6) is 0.563. The summed E-state index contributed by atoms with van der Waals surface area (Å²) < 4.78 is 0. The Bertz CT molecular complexity index is 514. The maximum absolute atomic E-state index is 12.6. The first-order chi connectivity index (χ1) is 9.66. The molecule has 0 saturated heterocycles. The highest BCUT2D eigenvalue weighted by molar-refractivity contribution is 5.95. The van der Waals surface area contributed by atoms with Crippen LogP contribution in [0.5, 0.6) is 0 Å². The summed E-state index contributed by atoms with van der Waals surface area (Å²) in [4.78, 5) is 14.5. The summed E-state index contributed by atoms with van der Waals surface area (Å²) in [7, 11) is 0. The van der Waals surface area contributed by atoms with Crippen LogP contribution in [0.1, 0.15) is 37.7 Å². The standard InChI is InChI=1S/C16H23N3O/c17-13-6-1-4-11(13)10-16(20)19-9-3-5-12-14(18)7-2-8-15(12)19/h2,7-8,11,13H,1,3-6,9-10,17-18H2/t11-,13+/m0/s1. The average Bonchev–Trinajstić information content (AvgIpc) is 2.84. The fourth-order valence-corrected chi connectivity index (χ4v) is 3.56. The van der Waals surface area contributed by atoms with Gasteiger partial charge in [0.25, 0.3) is 0 Å². The lowest BCUT2D eigenvalue weighted by molar-refractivity contribution is -0.119. The van der Waals surface area contributed by atoms with E-state index in [4.69, 9.17) is 11.5 Å². The van der Waals surface area contributed by atoms with Gasteiger partial charge in [-0.25, -0.2) is 0 Å². The first-order valence-corrected chi connectivity index (χ1v) is 7.60. The number of nitrogens with two attached hydrogens (primary N) is 2. The van der Waals surface area contributed by atoms with Crippen molar-refractivity contribution in [2.75, 3.05) is 17.2 Å². The van der Waals surface area contributed by atoms with Crippen LogP contribution >= 0.6 is 0 Å². The van der Waals surface area contributed by atoms with Gasteiger partial charge in [-0.1, -0.05) is 12.5 Å². The number of carbonyl (C=O) groups is 1. The van der Waals surface area contributed by atoms with Crippen molar-refractivity contribution in [3.05, 3.63) is 23.8 Å². The average molecular weight is 273 g/mol. The van der Waals surface area contributed by atoms with Crippen molar-refractivity contribution in [2.45, 2.75) is 44.6 Å². The molecule has 108 valence electrons. The summed E-state index contributed by atoms with van der Waals surface area (Å²) in [5.41, 5.74) is 15.1. The summed E-state index contributed by atoms with van der Waals surface area (Å²) in [6, 6.07) is 6.06. The molecule has 4 N–H and O–H groups in total. The number of hydrogen-bond acceptors (Lipinski definition) is 3. The summed E-state index contributed by atoms with van der Waals surface area (Å²) in [6.45, 7) is 0.803. The number of hydrogen-bond donors (Lipinski definition) is 2. The van der Waals surface area contributed by atoms with Crippen LogP contribution in [0.4, 0.5) is 11.4 Å². The molecule has 0 radical (unpaired) electrons. The van der Waals surface area contributed by atoms with Gasteiger partial charge in [-0.2, -0.15) is 0 Å². The van der Waals surface area contributed by atoms with Crippen LogP contribution in [-0.4, -0.2) is 18.5 Å². The Kier molecular flexibility index (Phi) is 3.66. The molecule has 2 atom stereocenters. The zero-order chi connectivity index (χ0) is 14.1. The van der Waals surface area contributed by atoms with Gasteiger partial charge in [-0.3, -0.25) is 4.79 Å². The van der Waals surface area contributed by atoms with E-state index in [9.17, 15) is 4.79 Å². The van der Waals surface area contributed by atoms with Crippen molar-refractivity contribution in [1.82, 2.24) is 0 Å². The monoisotopic (exact) mass is 273 g/mol. The molecule has 1 aliphatic heterocycles. The number of amides is 1. The Morgan fingerprint density at radius 1 is 1.30 bits per heavy atom. The van der Waals surface area contributed by atoms with Gasteiger partial charge < -0.3 is 16.4 Å². The minimum Gasteiger partial charge on any atom is -0.398 e. The van der Waals surface area contributed by atoms with Crippen molar-refractivity contribution in [2.24, 2.45) is 11.7 Å². The van der Waals surface area contributed by atoms with E-state index in [1.54, 1.807) is 0 Å². The molecule has 0 unspecified atom stereocenters. The van der Waals surface area contributed by atoms with Gasteiger partial charge in [0.2, 0.25) is 5.91 Å². The number of fused-ring (bicyclic) bond motifs is 1. The molecule has 0 spiro atoms. The second-order valence-corrected chi connectivity index (χ2v) is 6.05. The van der Waals surface area contributed by atoms with Crippen molar-refractivity contribution in [3.8, 4) is 0 Å². The van der Waals surface area contributed by atoms with E-state index in [1.165, 1.54) is 0 Å². The minimum absolute atomic E-state index is 0.198. The van der Waals surface area contributed by atoms with Crippen LogP contribution in [0.3, 0.4) is 0 Å². The number of rotatable bonds is 2. The van der Waals surface area contributed by atoms with Crippen LogP contribution < -0.4 is 16.4 Å². The van der Waals surface area contributed by atoms with E-state index < -0.39 is 0 Å². The largest absolute Gasteiger partial charge is 0.398 e. The molecule has 0 bridgehead atoms. The van der Waals surface area contributed by atoms with E-state index in [-0.39, 0.29) is 11.9 Å². The van der Waals surface area contributed by atoms with Crippen LogP contribution in [0, 0.1) is 5.92 Å². The molecule has 2 aliphatic rings. The van der Waals surface area contributed by atoms with E-state index in [2.05, 4.69) is 0 Å². The highest BCUT2D eigenvalue weighted by Crippen LogP contribution is 2.33. The van der Waals surface area contributed by atoms with Gasteiger partial charge in [-0.05, 0) is 49.3 Å². The first kappa shape index (κ1) is 13.4. The number of benzene rings is 1. The molecule has 1 heterocycles. The molecular formula is C16H23N3O. The van der Waals surface area contributed by atoms with Crippen molar-refractivity contribution in [1.29, 1.82) is 0 Å². The van der Waals surface area contributed by atoms with Gasteiger partial charge >= 0.3 is 0 Å². The van der Waals surface area contributed by atoms with Gasteiger partial charge in [0.15, 0.2) is 0 Å². The third kappa shape index (κ3) is 2.40. The lowest BCUT2D eigenvalue weighted by Gasteiger charge is -2.31. The van der Waals surface area contributed by atoms with Crippen LogP contribution in [0.15, 0.2) is 18.2 Å². The molecule has 4 nitrogen and oxygen atoms in total. The summed E-state index contributed by atoms with van der Waals surface area (Å²) >= 11 is 0. The third-order valence-corrected chi connectivity index (χ3v) is 4.74. The van der Waals surface area contributed by atoms with E-state index in [0.29, 0.717) is 12.3 Å². The van der Waals surface area contributed by atoms with Crippen LogP contribution in [0.25, 0.3) is 0 Å². The Hall–Kier alpha value is -1.55. The van der Waals surface area contributed by atoms with Crippen LogP contribution in [0.2, 0.25) is 0 Å². The Labute approximate surface area is 120 Å². The van der Waals surface area contributed by atoms with E-state index >= 15 is 0 Å². The quantitative estimate of drug-likeness (QED) is 0.810. The summed E-state index contributed by atoms with van der Waals surface area (Å²) in [5, 5.41) is 0. The highest BCUT2D eigenvalue weighted by atomic mass is 16.2. The lowest BCUT2D eigenvalue weighted by Crippen LogP contribution is -2.38. The third-order valence-electron chi connectivity index (χ3n) is 4.74. The molecule has 20 heavy (non-hydrogen) atoms. The smallest absolute Gasteiger partial charge is 0.227 e. The maximum Gasteiger partial charge on any atom is 0.227 e. The molecule has 3 rings (SSSR count). The fourth-order valence-electron chi connectivity index (χ4n) is 3.56. The van der Waals surface area contributed by atoms with E-state index in [1.807, 2.05) is 23.1 Å². The number of nitrogens with zero attached hydrogens (tertiary/aromatic N) is 1. The van der Waals surface area contributed by atoms with Crippen molar-refractivity contribution < 1.29 is 4.79 Å². The molecule has 0 aromatic heterocycles. The zero-order valence-electron chi connectivity index (χ0n) is 11.8. The second-order valence-electron chi connectivity index (χ2n) is 6.05. The minimum atomic E-state index is 0.198. The highest BCUT2D eigenvalue weighted by Gasteiger charge is 2.30. The van der Waals surface area contributed by atoms with Crippen molar-refractivity contribution >= 4 is 17.3 Å². The first-order valence-electron chi connectivity index (χ1n) is 7.60. The number of nitrogen functional groups attached to an aromatic ring is 1. The van der Waals surface area contributed by atoms with Gasteiger partial charge in [-0.15, -0.1) is 0 Å². The fraction of sp³-hybridized carbons (Fsp3) is 0.562. The van der Waals surface area contributed by atoms with Gasteiger partial charge in [0.1, 0.15) is 0 Å². The SMILES string of the molecule is Nc1cccc2c1CCCN2C(=O)C[C@@H]1CCC[C@H]1N. The predicted octanol–water partition coefficient (Wildman–Crippen LogP) is 2.07. The molecule has 1 aromatic carbocycles. The van der Waals surface area contributed by atoms with Crippen LogP contribution in [-0.2, 0) is 11.2 Å². The molecule has 1 saturated carbocycles.